The number of carbonyl (C=O) groups excluding carboxylic acids is 2. The van der Waals surface area contributed by atoms with Crippen LogP contribution in [0.3, 0.4) is 0 Å². The van der Waals surface area contributed by atoms with Gasteiger partial charge in [-0.2, -0.15) is 0 Å². The Labute approximate surface area is 183 Å². The summed E-state index contributed by atoms with van der Waals surface area (Å²) in [6, 6.07) is 10.1. The number of nitrogens with zero attached hydrogens (tertiary/aromatic N) is 3. The molecule has 1 fully saturated rings. The first-order valence-corrected chi connectivity index (χ1v) is 11.5. The maximum Gasteiger partial charge on any atom is 0.323 e. The summed E-state index contributed by atoms with van der Waals surface area (Å²) >= 11 is 2.79. The number of urea groups is 1. The van der Waals surface area contributed by atoms with E-state index in [0.29, 0.717) is 29.0 Å². The highest BCUT2D eigenvalue weighted by Gasteiger charge is 2.26. The lowest BCUT2D eigenvalue weighted by atomic mass is 9.82. The number of rotatable bonds is 6. The third-order valence-electron chi connectivity index (χ3n) is 5.08. The summed E-state index contributed by atoms with van der Waals surface area (Å²) < 4.78 is 0. The minimum atomic E-state index is -0.250. The van der Waals surface area contributed by atoms with E-state index in [1.165, 1.54) is 28.2 Å². The van der Waals surface area contributed by atoms with Gasteiger partial charge in [-0.15, -0.1) is 22.7 Å². The predicted molar refractivity (Wildman–Crippen MR) is 120 cm³/mol. The third-order valence-corrected chi connectivity index (χ3v) is 6.75. The van der Waals surface area contributed by atoms with Crippen LogP contribution in [0.25, 0.3) is 0 Å². The molecule has 0 atom stereocenters. The Bertz CT molecular complexity index is 1040. The van der Waals surface area contributed by atoms with E-state index in [4.69, 9.17) is 0 Å². The van der Waals surface area contributed by atoms with E-state index in [9.17, 15) is 9.59 Å². The van der Waals surface area contributed by atoms with Crippen LogP contribution in [-0.2, 0) is 16.6 Å². The minimum absolute atomic E-state index is 0.136. The summed E-state index contributed by atoms with van der Waals surface area (Å²) in [6.07, 6.45) is 1.02. The molecular weight excluding hydrogens is 418 g/mol. The fourth-order valence-corrected chi connectivity index (χ4v) is 5.01. The maximum atomic E-state index is 12.5. The monoisotopic (exact) mass is 441 g/mol. The Morgan fingerprint density at radius 3 is 2.77 bits per heavy atom. The van der Waals surface area contributed by atoms with Crippen LogP contribution in [0.4, 0.5) is 15.1 Å². The van der Waals surface area contributed by atoms with Crippen molar-refractivity contribution in [2.24, 2.45) is 0 Å². The Balaban J connectivity index is 1.39. The molecule has 4 rings (SSSR count). The molecule has 9 heteroatoms. The second-order valence-electron chi connectivity index (χ2n) is 7.61. The number of nitrogens with one attached hydrogen (secondary N) is 2. The normalized spacial score (nSPS) is 14.5. The summed E-state index contributed by atoms with van der Waals surface area (Å²) in [4.78, 5) is 35.1. The number of benzene rings is 1. The fourth-order valence-electron chi connectivity index (χ4n) is 3.26. The van der Waals surface area contributed by atoms with Gasteiger partial charge in [0.25, 0.3) is 0 Å². The average Bonchev–Trinajstić information content (AvgIpc) is 3.39. The first-order chi connectivity index (χ1) is 14.4. The summed E-state index contributed by atoms with van der Waals surface area (Å²) in [5.41, 5.74) is 2.48. The molecule has 2 aromatic heterocycles. The average molecular weight is 442 g/mol. The first kappa shape index (κ1) is 20.5. The molecule has 3 aromatic rings. The van der Waals surface area contributed by atoms with E-state index >= 15 is 0 Å². The van der Waals surface area contributed by atoms with Gasteiger partial charge in [0.05, 0.1) is 17.8 Å². The van der Waals surface area contributed by atoms with Crippen molar-refractivity contribution in [3.05, 3.63) is 58.0 Å². The van der Waals surface area contributed by atoms with Crippen LogP contribution >= 0.6 is 22.7 Å². The molecule has 0 radical (unpaired) electrons. The quantitative estimate of drug-likeness (QED) is 0.605. The van der Waals surface area contributed by atoms with Crippen LogP contribution in [0.1, 0.15) is 37.2 Å². The summed E-state index contributed by atoms with van der Waals surface area (Å²) in [5.74, 6) is -0.173. The number of hydrogen-bond donors (Lipinski definition) is 2. The largest absolute Gasteiger partial charge is 0.338 e. The SMILES string of the molecule is CC(C)(c1ccccc1)c1csc(NC(=O)Cc2csc(N3CCCNC3=O)n2)n1. The van der Waals surface area contributed by atoms with E-state index < -0.39 is 0 Å². The molecular formula is C21H23N5O2S2. The molecule has 1 aliphatic rings. The van der Waals surface area contributed by atoms with Crippen LogP contribution in [0.15, 0.2) is 41.1 Å². The molecule has 3 heterocycles. The lowest BCUT2D eigenvalue weighted by Crippen LogP contribution is -2.46. The van der Waals surface area contributed by atoms with E-state index in [1.807, 2.05) is 29.0 Å². The van der Waals surface area contributed by atoms with Gasteiger partial charge in [-0.25, -0.2) is 14.8 Å². The molecule has 1 saturated heterocycles. The number of aromatic nitrogens is 2. The Morgan fingerprint density at radius 1 is 1.20 bits per heavy atom. The molecule has 3 amide bonds. The third kappa shape index (κ3) is 4.36. The van der Waals surface area contributed by atoms with Gasteiger partial charge in [0.2, 0.25) is 5.91 Å². The topological polar surface area (TPSA) is 87.2 Å². The van der Waals surface area contributed by atoms with Crippen molar-refractivity contribution in [3.63, 3.8) is 0 Å². The zero-order valence-electron chi connectivity index (χ0n) is 16.8. The number of hydrogen-bond acceptors (Lipinski definition) is 6. The molecule has 0 spiro atoms. The molecule has 0 aliphatic carbocycles. The molecule has 156 valence electrons. The summed E-state index contributed by atoms with van der Waals surface area (Å²) in [7, 11) is 0. The van der Waals surface area contributed by atoms with E-state index in [-0.39, 0.29) is 23.8 Å². The standard InChI is InChI=1S/C21H23N5O2S2/c1-21(2,14-7-4-3-5-8-14)16-13-29-18(24-16)25-17(27)11-15-12-30-20(23-15)26-10-6-9-22-19(26)28/h3-5,7-8,12-13H,6,9-11H2,1-2H3,(H,22,28)(H,24,25,27). The summed E-state index contributed by atoms with van der Waals surface area (Å²) in [6.45, 7) is 5.57. The zero-order chi connectivity index (χ0) is 21.1. The van der Waals surface area contributed by atoms with Crippen LogP contribution in [0.5, 0.6) is 0 Å². The van der Waals surface area contributed by atoms with Crippen molar-refractivity contribution in [1.29, 1.82) is 0 Å². The predicted octanol–water partition coefficient (Wildman–Crippen LogP) is 4.03. The van der Waals surface area contributed by atoms with Crippen LogP contribution in [0.2, 0.25) is 0 Å². The van der Waals surface area contributed by atoms with Crippen molar-refractivity contribution in [3.8, 4) is 0 Å². The number of amides is 3. The maximum absolute atomic E-state index is 12.5. The zero-order valence-corrected chi connectivity index (χ0v) is 18.5. The highest BCUT2D eigenvalue weighted by molar-refractivity contribution is 7.14. The van der Waals surface area contributed by atoms with E-state index in [0.717, 1.165) is 12.1 Å². The fraction of sp³-hybridized carbons (Fsp3) is 0.333. The number of carbonyl (C=O) groups is 2. The summed E-state index contributed by atoms with van der Waals surface area (Å²) in [5, 5.41) is 10.7. The van der Waals surface area contributed by atoms with Gasteiger partial charge in [-0.3, -0.25) is 9.69 Å². The van der Waals surface area contributed by atoms with Gasteiger partial charge in [-0.1, -0.05) is 44.2 Å². The number of anilines is 2. The minimum Gasteiger partial charge on any atom is -0.338 e. The molecule has 0 unspecified atom stereocenters. The Hall–Kier alpha value is -2.78. The molecule has 0 bridgehead atoms. The van der Waals surface area contributed by atoms with Crippen molar-refractivity contribution >= 4 is 44.9 Å². The van der Waals surface area contributed by atoms with Gasteiger partial charge in [-0.05, 0) is 12.0 Å². The molecule has 30 heavy (non-hydrogen) atoms. The second-order valence-corrected chi connectivity index (χ2v) is 9.31. The highest BCUT2D eigenvalue weighted by Crippen LogP contribution is 2.33. The van der Waals surface area contributed by atoms with Gasteiger partial charge < -0.3 is 10.6 Å². The molecule has 2 N–H and O–H groups in total. The molecule has 0 saturated carbocycles. The van der Waals surface area contributed by atoms with Gasteiger partial charge in [0.15, 0.2) is 10.3 Å². The first-order valence-electron chi connectivity index (χ1n) is 9.74. The van der Waals surface area contributed by atoms with E-state index in [1.54, 1.807) is 4.90 Å². The molecule has 1 aliphatic heterocycles. The smallest absolute Gasteiger partial charge is 0.323 e. The highest BCUT2D eigenvalue weighted by atomic mass is 32.1. The Kier molecular flexibility index (Phi) is 5.83. The van der Waals surface area contributed by atoms with Gasteiger partial charge in [0.1, 0.15) is 0 Å². The molecule has 7 nitrogen and oxygen atoms in total. The molecule has 1 aromatic carbocycles. The lowest BCUT2D eigenvalue weighted by Gasteiger charge is -2.24. The van der Waals surface area contributed by atoms with Gasteiger partial charge in [0, 0.05) is 29.3 Å². The van der Waals surface area contributed by atoms with Crippen molar-refractivity contribution in [2.45, 2.75) is 32.1 Å². The van der Waals surface area contributed by atoms with Crippen molar-refractivity contribution < 1.29 is 9.59 Å². The van der Waals surface area contributed by atoms with Crippen LogP contribution in [-0.4, -0.2) is 35.0 Å². The van der Waals surface area contributed by atoms with E-state index in [2.05, 4.69) is 46.6 Å². The lowest BCUT2D eigenvalue weighted by molar-refractivity contribution is -0.115. The van der Waals surface area contributed by atoms with Crippen molar-refractivity contribution in [1.82, 2.24) is 15.3 Å². The Morgan fingerprint density at radius 2 is 2.00 bits per heavy atom. The number of thiazole rings is 2. The van der Waals surface area contributed by atoms with Crippen LogP contribution in [0, 0.1) is 0 Å². The van der Waals surface area contributed by atoms with Crippen LogP contribution < -0.4 is 15.5 Å². The van der Waals surface area contributed by atoms with Gasteiger partial charge >= 0.3 is 6.03 Å². The second kappa shape index (κ2) is 8.53. The van der Waals surface area contributed by atoms with Crippen molar-refractivity contribution in [2.75, 3.05) is 23.3 Å².